The van der Waals surface area contributed by atoms with Crippen molar-refractivity contribution < 1.29 is 22.9 Å². The average Bonchev–Trinajstić information content (AvgIpc) is 3.12. The first-order valence-electron chi connectivity index (χ1n) is 22.3. The molecule has 0 heterocycles. The van der Waals surface area contributed by atoms with E-state index < -0.39 is 28.0 Å². The molecule has 0 rings (SSSR count). The van der Waals surface area contributed by atoms with E-state index in [9.17, 15) is 22.9 Å². The van der Waals surface area contributed by atoms with Gasteiger partial charge in [0.2, 0.25) is 5.91 Å². The van der Waals surface area contributed by atoms with E-state index in [4.69, 9.17) is 0 Å². The predicted octanol–water partition coefficient (Wildman–Crippen LogP) is 13.5. The van der Waals surface area contributed by atoms with Crippen molar-refractivity contribution in [1.82, 2.24) is 5.32 Å². The molecule has 0 aliphatic rings. The van der Waals surface area contributed by atoms with Gasteiger partial charge in [-0.2, -0.15) is 8.42 Å². The number of rotatable bonds is 40. The number of unbranched alkanes of at least 4 members (excludes halogenated alkanes) is 26. The van der Waals surface area contributed by atoms with Crippen LogP contribution in [0.1, 0.15) is 219 Å². The Kier molecular flexibility index (Phi) is 38.7. The fourth-order valence-corrected chi connectivity index (χ4v) is 7.35. The van der Waals surface area contributed by atoms with Crippen LogP contribution in [0.3, 0.4) is 0 Å². The number of allylic oxidation sites excluding steroid dienone is 7. The predicted molar refractivity (Wildman–Crippen MR) is 230 cm³/mol. The fraction of sp³-hybridized carbons (Fsp3) is 0.804. The lowest BCUT2D eigenvalue weighted by molar-refractivity contribution is -0.122. The largest absolute Gasteiger partial charge is 0.387 e. The molecule has 0 aliphatic heterocycles. The van der Waals surface area contributed by atoms with Crippen LogP contribution >= 0.6 is 0 Å². The monoisotopic (exact) mass is 764 g/mol. The summed E-state index contributed by atoms with van der Waals surface area (Å²) < 4.78 is 32.5. The molecule has 0 aromatic rings. The van der Waals surface area contributed by atoms with E-state index in [1.807, 2.05) is 6.08 Å². The number of amides is 1. The molecule has 0 fully saturated rings. The minimum Gasteiger partial charge on any atom is -0.387 e. The second-order valence-corrected chi connectivity index (χ2v) is 16.8. The van der Waals surface area contributed by atoms with Gasteiger partial charge in [-0.25, -0.2) is 0 Å². The summed E-state index contributed by atoms with van der Waals surface area (Å²) in [5.74, 6) is -1.01. The zero-order valence-electron chi connectivity index (χ0n) is 34.6. The maximum Gasteiger partial charge on any atom is 0.267 e. The van der Waals surface area contributed by atoms with Crippen LogP contribution in [0.5, 0.6) is 0 Å². The van der Waals surface area contributed by atoms with Crippen molar-refractivity contribution in [3.05, 3.63) is 48.6 Å². The van der Waals surface area contributed by atoms with Crippen LogP contribution in [0.25, 0.3) is 0 Å². The van der Waals surface area contributed by atoms with Gasteiger partial charge in [0.15, 0.2) is 0 Å². The topological polar surface area (TPSA) is 104 Å². The van der Waals surface area contributed by atoms with Crippen molar-refractivity contribution in [2.45, 2.75) is 231 Å². The molecule has 0 aliphatic carbocycles. The van der Waals surface area contributed by atoms with Crippen molar-refractivity contribution in [2.24, 2.45) is 0 Å². The van der Waals surface area contributed by atoms with Crippen molar-refractivity contribution in [1.29, 1.82) is 0 Å². The summed E-state index contributed by atoms with van der Waals surface area (Å²) in [6, 6.07) is -1.08. The number of carbonyl (C=O) groups is 1. The summed E-state index contributed by atoms with van der Waals surface area (Å²) in [5, 5.41) is 13.2. The Morgan fingerprint density at radius 2 is 0.868 bits per heavy atom. The first kappa shape index (κ1) is 51.3. The Morgan fingerprint density at radius 3 is 1.32 bits per heavy atom. The van der Waals surface area contributed by atoms with Crippen LogP contribution < -0.4 is 5.32 Å². The minimum atomic E-state index is -4.36. The summed E-state index contributed by atoms with van der Waals surface area (Å²) in [4.78, 5) is 12.5. The lowest BCUT2D eigenvalue weighted by atomic mass is 10.0. The van der Waals surface area contributed by atoms with Crippen molar-refractivity contribution in [3.63, 3.8) is 0 Å². The molecule has 0 bridgehead atoms. The smallest absolute Gasteiger partial charge is 0.267 e. The Bertz CT molecular complexity index is 1020. The maximum atomic E-state index is 12.5. The first-order valence-corrected chi connectivity index (χ1v) is 23.9. The third-order valence-corrected chi connectivity index (χ3v) is 10.8. The molecule has 0 aromatic heterocycles. The Morgan fingerprint density at radius 1 is 0.509 bits per heavy atom. The molecule has 2 atom stereocenters. The highest BCUT2D eigenvalue weighted by Crippen LogP contribution is 2.14. The summed E-state index contributed by atoms with van der Waals surface area (Å²) in [6.45, 7) is 4.52. The number of nitrogens with one attached hydrogen (secondary N) is 1. The molecule has 1 amide bonds. The molecule has 2 unspecified atom stereocenters. The molecule has 6 nitrogen and oxygen atoms in total. The number of aliphatic hydroxyl groups is 1. The molecular formula is C46H85NO5S. The van der Waals surface area contributed by atoms with E-state index in [2.05, 4.69) is 55.6 Å². The van der Waals surface area contributed by atoms with Crippen LogP contribution in [-0.4, -0.2) is 41.9 Å². The SMILES string of the molecule is CCCCCC/C=C\C/C=C\CCCCCCCCCC(=O)NC(CS(=O)(=O)O)C(O)/C=C/CC/C=C/CCCCCCCCCCCCCCCC. The van der Waals surface area contributed by atoms with Gasteiger partial charge in [-0.1, -0.05) is 197 Å². The van der Waals surface area contributed by atoms with Gasteiger partial charge in [-0.15, -0.1) is 0 Å². The summed E-state index contributed by atoms with van der Waals surface area (Å²) >= 11 is 0. The van der Waals surface area contributed by atoms with Gasteiger partial charge in [0, 0.05) is 6.42 Å². The highest BCUT2D eigenvalue weighted by molar-refractivity contribution is 7.85. The highest BCUT2D eigenvalue weighted by Gasteiger charge is 2.24. The molecule has 0 radical (unpaired) electrons. The molecular weight excluding hydrogens is 679 g/mol. The minimum absolute atomic E-state index is 0.278. The molecule has 0 saturated heterocycles. The van der Waals surface area contributed by atoms with Crippen LogP contribution in [0.15, 0.2) is 48.6 Å². The van der Waals surface area contributed by atoms with Crippen LogP contribution in [0.2, 0.25) is 0 Å². The first-order chi connectivity index (χ1) is 25.8. The van der Waals surface area contributed by atoms with Gasteiger partial charge in [-0.3, -0.25) is 9.35 Å². The van der Waals surface area contributed by atoms with Gasteiger partial charge < -0.3 is 10.4 Å². The fourth-order valence-electron chi connectivity index (χ4n) is 6.61. The van der Waals surface area contributed by atoms with Crippen LogP contribution in [0, 0.1) is 0 Å². The van der Waals surface area contributed by atoms with E-state index in [1.165, 1.54) is 147 Å². The quantitative estimate of drug-likeness (QED) is 0.0327. The van der Waals surface area contributed by atoms with Crippen LogP contribution in [0.4, 0.5) is 0 Å². The van der Waals surface area contributed by atoms with Crippen LogP contribution in [-0.2, 0) is 14.9 Å². The highest BCUT2D eigenvalue weighted by atomic mass is 32.2. The Labute approximate surface area is 329 Å². The van der Waals surface area contributed by atoms with Gasteiger partial charge in [0.05, 0.1) is 17.9 Å². The lowest BCUT2D eigenvalue weighted by Gasteiger charge is -2.21. The van der Waals surface area contributed by atoms with E-state index in [-0.39, 0.29) is 12.3 Å². The summed E-state index contributed by atoms with van der Waals surface area (Å²) in [7, 11) is -4.36. The summed E-state index contributed by atoms with van der Waals surface area (Å²) in [6.07, 6.45) is 53.9. The lowest BCUT2D eigenvalue weighted by Crippen LogP contribution is -2.46. The van der Waals surface area contributed by atoms with Crippen molar-refractivity contribution in [3.8, 4) is 0 Å². The molecule has 0 saturated carbocycles. The third kappa shape index (κ3) is 41.3. The number of carbonyl (C=O) groups excluding carboxylic acids is 1. The molecule has 0 spiro atoms. The number of hydrogen-bond acceptors (Lipinski definition) is 4. The molecule has 0 aromatic carbocycles. The van der Waals surface area contributed by atoms with E-state index in [0.717, 1.165) is 51.4 Å². The van der Waals surface area contributed by atoms with E-state index >= 15 is 0 Å². The third-order valence-electron chi connectivity index (χ3n) is 9.98. The maximum absolute atomic E-state index is 12.5. The molecule has 3 N–H and O–H groups in total. The van der Waals surface area contributed by atoms with Crippen molar-refractivity contribution >= 4 is 16.0 Å². The zero-order chi connectivity index (χ0) is 38.9. The molecule has 7 heteroatoms. The Hall–Kier alpha value is -1.70. The summed E-state index contributed by atoms with van der Waals surface area (Å²) in [5.41, 5.74) is 0. The van der Waals surface area contributed by atoms with E-state index in [0.29, 0.717) is 6.42 Å². The normalized spacial score (nSPS) is 13.7. The second-order valence-electron chi connectivity index (χ2n) is 15.3. The number of hydrogen-bond donors (Lipinski definition) is 3. The molecule has 53 heavy (non-hydrogen) atoms. The Balaban J connectivity index is 3.94. The van der Waals surface area contributed by atoms with Gasteiger partial charge in [0.25, 0.3) is 10.1 Å². The molecule has 310 valence electrons. The number of aliphatic hydroxyl groups excluding tert-OH is 1. The van der Waals surface area contributed by atoms with Crippen molar-refractivity contribution in [2.75, 3.05) is 5.75 Å². The average molecular weight is 764 g/mol. The van der Waals surface area contributed by atoms with Gasteiger partial charge in [-0.05, 0) is 64.2 Å². The second kappa shape index (κ2) is 40.0. The standard InChI is InChI=1S/C46H85NO5S/c1-3-5-7-9-11-13-15-17-19-21-23-24-25-27-29-31-33-35-37-39-41-45(48)44(43-53(50,51)52)47-46(49)42-40-38-36-34-32-30-28-26-22-20-18-16-14-12-10-8-6-4-2/h14,16,20,22,31,33,39,41,44-45,48H,3-13,15,17-19,21,23-30,32,34-38,40,42-43H2,1-2H3,(H,47,49)(H,50,51,52)/b16-14-,22-20-,33-31+,41-39+. The zero-order valence-corrected chi connectivity index (χ0v) is 35.5. The van der Waals surface area contributed by atoms with Gasteiger partial charge >= 0.3 is 0 Å². The van der Waals surface area contributed by atoms with Gasteiger partial charge in [0.1, 0.15) is 0 Å². The van der Waals surface area contributed by atoms with E-state index in [1.54, 1.807) is 0 Å².